The Kier molecular flexibility index (Phi) is 6.46. The summed E-state index contributed by atoms with van der Waals surface area (Å²) in [7, 11) is 0. The second kappa shape index (κ2) is 9.26. The molecule has 9 heteroatoms. The molecular formula is C22H19Cl2N3O3S. The zero-order valence-electron chi connectivity index (χ0n) is 16.5. The number of furan rings is 1. The molecule has 0 unspecified atom stereocenters. The van der Waals surface area contributed by atoms with Gasteiger partial charge in [0, 0.05) is 16.8 Å². The Labute approximate surface area is 195 Å². The maximum atomic E-state index is 12.2. The van der Waals surface area contributed by atoms with Gasteiger partial charge in [-0.25, -0.2) is 0 Å². The van der Waals surface area contributed by atoms with Crippen LogP contribution in [-0.2, 0) is 9.53 Å². The van der Waals surface area contributed by atoms with E-state index in [0.717, 1.165) is 11.3 Å². The number of hydrogen-bond donors (Lipinski definition) is 1. The zero-order chi connectivity index (χ0) is 22.0. The fraction of sp³-hybridized carbons (Fsp3) is 0.227. The van der Waals surface area contributed by atoms with Gasteiger partial charge >= 0.3 is 5.97 Å². The van der Waals surface area contributed by atoms with E-state index in [1.165, 1.54) is 0 Å². The number of hydrogen-bond acceptors (Lipinski definition) is 5. The average molecular weight is 476 g/mol. The van der Waals surface area contributed by atoms with E-state index in [-0.39, 0.29) is 18.6 Å². The van der Waals surface area contributed by atoms with Gasteiger partial charge in [0.15, 0.2) is 5.11 Å². The maximum absolute atomic E-state index is 12.2. The molecule has 1 aliphatic heterocycles. The highest BCUT2D eigenvalue weighted by Crippen LogP contribution is 2.41. The van der Waals surface area contributed by atoms with Gasteiger partial charge in [-0.3, -0.25) is 9.78 Å². The van der Waals surface area contributed by atoms with E-state index < -0.39 is 6.04 Å². The number of nitrogens with zero attached hydrogens (tertiary/aromatic N) is 2. The summed E-state index contributed by atoms with van der Waals surface area (Å²) in [5.74, 6) is 0.838. The van der Waals surface area contributed by atoms with Crippen molar-refractivity contribution in [1.29, 1.82) is 0 Å². The summed E-state index contributed by atoms with van der Waals surface area (Å²) < 4.78 is 11.3. The highest BCUT2D eigenvalue weighted by molar-refractivity contribution is 7.80. The number of halogens is 2. The lowest BCUT2D eigenvalue weighted by Gasteiger charge is -2.25. The SMILES string of the molecule is CCOC(=O)CN1C(=S)N[C@@H](c2ccccn2)[C@H]1c1ccc(-c2ccc(Cl)cc2Cl)o1. The maximum Gasteiger partial charge on any atom is 0.325 e. The fourth-order valence-corrected chi connectivity index (χ4v) is 4.38. The van der Waals surface area contributed by atoms with Crippen LogP contribution in [0.3, 0.4) is 0 Å². The molecule has 1 N–H and O–H groups in total. The number of rotatable bonds is 6. The molecule has 1 aliphatic rings. The molecule has 1 aromatic carbocycles. The molecule has 0 saturated carbocycles. The number of esters is 1. The lowest BCUT2D eigenvalue weighted by molar-refractivity contribution is -0.143. The Morgan fingerprint density at radius 2 is 2.10 bits per heavy atom. The van der Waals surface area contributed by atoms with Crippen molar-refractivity contribution in [3.63, 3.8) is 0 Å². The van der Waals surface area contributed by atoms with E-state index in [4.69, 9.17) is 44.6 Å². The summed E-state index contributed by atoms with van der Waals surface area (Å²) in [4.78, 5) is 18.5. The molecule has 3 heterocycles. The smallest absolute Gasteiger partial charge is 0.325 e. The molecule has 3 aromatic rings. The quantitative estimate of drug-likeness (QED) is 0.388. The first-order valence-corrected chi connectivity index (χ1v) is 10.8. The van der Waals surface area contributed by atoms with Crippen molar-refractivity contribution in [1.82, 2.24) is 15.2 Å². The monoisotopic (exact) mass is 475 g/mol. The summed E-state index contributed by atoms with van der Waals surface area (Å²) in [5, 5.41) is 4.72. The van der Waals surface area contributed by atoms with Crippen LogP contribution in [-0.4, -0.2) is 34.1 Å². The van der Waals surface area contributed by atoms with Gasteiger partial charge in [-0.1, -0.05) is 29.3 Å². The molecule has 0 aliphatic carbocycles. The first kappa shape index (κ1) is 21.6. The van der Waals surface area contributed by atoms with Gasteiger partial charge in [0.1, 0.15) is 24.1 Å². The molecule has 0 amide bonds. The highest BCUT2D eigenvalue weighted by Gasteiger charge is 2.42. The van der Waals surface area contributed by atoms with Crippen LogP contribution in [0, 0.1) is 0 Å². The van der Waals surface area contributed by atoms with Crippen molar-refractivity contribution in [2.24, 2.45) is 0 Å². The Balaban J connectivity index is 1.72. The van der Waals surface area contributed by atoms with Crippen LogP contribution in [0.25, 0.3) is 11.3 Å². The third-order valence-corrected chi connectivity index (χ3v) is 5.82. The third kappa shape index (κ3) is 4.54. The van der Waals surface area contributed by atoms with Crippen LogP contribution in [0.4, 0.5) is 0 Å². The first-order valence-electron chi connectivity index (χ1n) is 9.66. The lowest BCUT2D eigenvalue weighted by atomic mass is 10.0. The molecule has 1 fully saturated rings. The zero-order valence-corrected chi connectivity index (χ0v) is 18.9. The summed E-state index contributed by atoms with van der Waals surface area (Å²) in [6.07, 6.45) is 1.71. The topological polar surface area (TPSA) is 67.6 Å². The van der Waals surface area contributed by atoms with Gasteiger partial charge in [0.25, 0.3) is 0 Å². The van der Waals surface area contributed by atoms with E-state index in [0.29, 0.717) is 33.3 Å². The van der Waals surface area contributed by atoms with Crippen LogP contribution in [0.2, 0.25) is 10.0 Å². The third-order valence-electron chi connectivity index (χ3n) is 4.92. The van der Waals surface area contributed by atoms with E-state index in [9.17, 15) is 4.79 Å². The van der Waals surface area contributed by atoms with Crippen LogP contribution in [0.5, 0.6) is 0 Å². The van der Waals surface area contributed by atoms with Gasteiger partial charge < -0.3 is 19.4 Å². The Hall–Kier alpha value is -2.61. The van der Waals surface area contributed by atoms with E-state index in [2.05, 4.69) is 10.3 Å². The number of benzene rings is 1. The second-order valence-corrected chi connectivity index (χ2v) is 8.12. The van der Waals surface area contributed by atoms with Gasteiger partial charge in [-0.2, -0.15) is 0 Å². The van der Waals surface area contributed by atoms with Crippen LogP contribution in [0.1, 0.15) is 30.5 Å². The number of aromatic nitrogens is 1. The minimum atomic E-state index is -0.397. The fourth-order valence-electron chi connectivity index (χ4n) is 3.58. The van der Waals surface area contributed by atoms with Crippen molar-refractivity contribution in [3.8, 4) is 11.3 Å². The number of carbonyl (C=O) groups excluding carboxylic acids is 1. The molecule has 31 heavy (non-hydrogen) atoms. The number of ether oxygens (including phenoxy) is 1. The van der Waals surface area contributed by atoms with E-state index >= 15 is 0 Å². The molecule has 0 radical (unpaired) electrons. The predicted molar refractivity (Wildman–Crippen MR) is 123 cm³/mol. The predicted octanol–water partition coefficient (Wildman–Crippen LogP) is 5.18. The summed E-state index contributed by atoms with van der Waals surface area (Å²) in [6, 6.07) is 13.9. The molecule has 160 valence electrons. The van der Waals surface area contributed by atoms with Crippen LogP contribution < -0.4 is 5.32 Å². The van der Waals surface area contributed by atoms with Crippen molar-refractivity contribution in [2.75, 3.05) is 13.2 Å². The van der Waals surface area contributed by atoms with Crippen LogP contribution in [0.15, 0.2) is 59.1 Å². The first-order chi connectivity index (χ1) is 15.0. The second-order valence-electron chi connectivity index (χ2n) is 6.89. The minimum Gasteiger partial charge on any atom is -0.465 e. The van der Waals surface area contributed by atoms with Gasteiger partial charge in [-0.05, 0) is 61.6 Å². The van der Waals surface area contributed by atoms with Crippen molar-refractivity contribution in [3.05, 3.63) is 76.2 Å². The van der Waals surface area contributed by atoms with Gasteiger partial charge in [0.2, 0.25) is 0 Å². The van der Waals surface area contributed by atoms with E-state index in [1.54, 1.807) is 36.2 Å². The number of carbonyl (C=O) groups is 1. The van der Waals surface area contributed by atoms with Crippen molar-refractivity contribution >= 4 is 46.5 Å². The Morgan fingerprint density at radius 1 is 1.26 bits per heavy atom. The lowest BCUT2D eigenvalue weighted by Crippen LogP contribution is -2.35. The normalized spacial score (nSPS) is 18.2. The minimum absolute atomic E-state index is 0.00852. The number of pyridine rings is 1. The summed E-state index contributed by atoms with van der Waals surface area (Å²) >= 11 is 17.9. The van der Waals surface area contributed by atoms with Gasteiger partial charge in [-0.15, -0.1) is 0 Å². The molecule has 6 nitrogen and oxygen atoms in total. The highest BCUT2D eigenvalue weighted by atomic mass is 35.5. The van der Waals surface area contributed by atoms with Crippen molar-refractivity contribution in [2.45, 2.75) is 19.0 Å². The van der Waals surface area contributed by atoms with Gasteiger partial charge in [0.05, 0.1) is 23.4 Å². The number of nitrogens with one attached hydrogen (secondary N) is 1. The summed E-state index contributed by atoms with van der Waals surface area (Å²) in [5.41, 5.74) is 1.50. The summed E-state index contributed by atoms with van der Waals surface area (Å²) in [6.45, 7) is 2.05. The van der Waals surface area contributed by atoms with Crippen molar-refractivity contribution < 1.29 is 13.9 Å². The average Bonchev–Trinajstić information content (AvgIpc) is 3.34. The molecular weight excluding hydrogens is 457 g/mol. The standard InChI is InChI=1S/C22H19Cl2N3O3S/c1-2-29-19(28)12-27-21(20(26-22(27)31)16-5-3-4-10-25-16)18-9-8-17(30-18)14-7-6-13(23)11-15(14)24/h3-11,20-21H,2,12H2,1H3,(H,26,31)/t20-,21+/m0/s1. The van der Waals surface area contributed by atoms with Crippen LogP contribution >= 0.6 is 35.4 Å². The van der Waals surface area contributed by atoms with E-state index in [1.807, 2.05) is 30.3 Å². The largest absolute Gasteiger partial charge is 0.465 e. The molecule has 2 aromatic heterocycles. The Bertz CT molecular complexity index is 1110. The molecule has 0 bridgehead atoms. The molecule has 4 rings (SSSR count). The Morgan fingerprint density at radius 3 is 2.81 bits per heavy atom. The molecule has 1 saturated heterocycles. The molecule has 2 atom stereocenters. The molecule has 0 spiro atoms. The number of thiocarbonyl (C=S) groups is 1.